The SMILES string of the molecule is COC(=O)CCCCc1c(Cl)cc2c(cnn2C2CCCCO2)c1B1OC(C)(C)C(C)(C)O1. The lowest BCUT2D eigenvalue weighted by Gasteiger charge is -2.32. The van der Waals surface area contributed by atoms with Gasteiger partial charge in [0.2, 0.25) is 0 Å². The Hall–Kier alpha value is -1.61. The minimum absolute atomic E-state index is 0.0932. The minimum atomic E-state index is -0.559. The van der Waals surface area contributed by atoms with Crippen molar-refractivity contribution >= 4 is 41.1 Å². The molecule has 2 fully saturated rings. The molecule has 0 aliphatic carbocycles. The van der Waals surface area contributed by atoms with E-state index in [1.807, 2.05) is 44.6 Å². The van der Waals surface area contributed by atoms with Gasteiger partial charge < -0.3 is 18.8 Å². The zero-order valence-corrected chi connectivity index (χ0v) is 21.0. The van der Waals surface area contributed by atoms with E-state index in [1.165, 1.54) is 7.11 Å². The Kier molecular flexibility index (Phi) is 7.11. The third kappa shape index (κ3) is 4.81. The Balaban J connectivity index is 1.73. The highest BCUT2D eigenvalue weighted by Gasteiger charge is 2.53. The number of carbonyl (C=O) groups is 1. The van der Waals surface area contributed by atoms with Crippen molar-refractivity contribution in [3.05, 3.63) is 22.8 Å². The molecule has 1 unspecified atom stereocenters. The van der Waals surface area contributed by atoms with E-state index in [0.717, 1.165) is 60.6 Å². The van der Waals surface area contributed by atoms with E-state index in [2.05, 4.69) is 0 Å². The smallest absolute Gasteiger partial charge is 0.469 e. The number of aromatic nitrogens is 2. The van der Waals surface area contributed by atoms with Crippen LogP contribution in [0.2, 0.25) is 5.02 Å². The van der Waals surface area contributed by atoms with Crippen LogP contribution in [-0.4, -0.2) is 47.8 Å². The van der Waals surface area contributed by atoms with Gasteiger partial charge in [0, 0.05) is 23.4 Å². The fourth-order valence-electron chi connectivity index (χ4n) is 4.52. The van der Waals surface area contributed by atoms with Gasteiger partial charge in [-0.3, -0.25) is 4.79 Å². The molecule has 1 aromatic carbocycles. The average Bonchev–Trinajstić information content (AvgIpc) is 3.28. The lowest BCUT2D eigenvalue weighted by atomic mass is 9.73. The van der Waals surface area contributed by atoms with Gasteiger partial charge in [-0.05, 0) is 83.3 Å². The fraction of sp³-hybridized carbons (Fsp3) is 0.667. The van der Waals surface area contributed by atoms with Crippen LogP contribution in [0.1, 0.15) is 78.0 Å². The molecule has 1 atom stereocenters. The second-order valence-electron chi connectivity index (χ2n) is 9.97. The molecule has 0 saturated carbocycles. The first-order chi connectivity index (χ1) is 15.6. The summed E-state index contributed by atoms with van der Waals surface area (Å²) in [5, 5.41) is 6.32. The van der Waals surface area contributed by atoms with Crippen LogP contribution < -0.4 is 5.46 Å². The fourth-order valence-corrected chi connectivity index (χ4v) is 4.82. The Labute approximate surface area is 201 Å². The zero-order valence-electron chi connectivity index (χ0n) is 20.3. The summed E-state index contributed by atoms with van der Waals surface area (Å²) in [7, 11) is 0.855. The average molecular weight is 477 g/mol. The highest BCUT2D eigenvalue weighted by Crippen LogP contribution is 2.38. The lowest BCUT2D eigenvalue weighted by Crippen LogP contribution is -2.41. The van der Waals surface area contributed by atoms with Crippen molar-refractivity contribution in [3.8, 4) is 0 Å². The first-order valence-electron chi connectivity index (χ1n) is 11.9. The van der Waals surface area contributed by atoms with Gasteiger partial charge in [-0.2, -0.15) is 5.10 Å². The summed E-state index contributed by atoms with van der Waals surface area (Å²) in [6, 6.07) is 1.98. The van der Waals surface area contributed by atoms with Crippen LogP contribution in [0.5, 0.6) is 0 Å². The number of halogens is 1. The van der Waals surface area contributed by atoms with Gasteiger partial charge in [-0.15, -0.1) is 0 Å². The molecule has 2 aromatic rings. The molecule has 2 aliphatic rings. The highest BCUT2D eigenvalue weighted by atomic mass is 35.5. The van der Waals surface area contributed by atoms with Crippen molar-refractivity contribution in [2.45, 2.75) is 90.1 Å². The summed E-state index contributed by atoms with van der Waals surface area (Å²) in [6.45, 7) is 8.92. The molecule has 3 heterocycles. The molecule has 0 spiro atoms. The van der Waals surface area contributed by atoms with Gasteiger partial charge in [0.1, 0.15) is 0 Å². The number of fused-ring (bicyclic) bond motifs is 1. The Morgan fingerprint density at radius 3 is 2.61 bits per heavy atom. The van der Waals surface area contributed by atoms with E-state index in [0.29, 0.717) is 17.9 Å². The van der Waals surface area contributed by atoms with Crippen LogP contribution in [-0.2, 0) is 30.0 Å². The van der Waals surface area contributed by atoms with Gasteiger partial charge in [-0.25, -0.2) is 4.68 Å². The number of hydrogen-bond donors (Lipinski definition) is 0. The second-order valence-corrected chi connectivity index (χ2v) is 10.4. The molecule has 7 nitrogen and oxygen atoms in total. The summed E-state index contributed by atoms with van der Waals surface area (Å²) < 4.78 is 25.6. The number of methoxy groups -OCH3 is 1. The Morgan fingerprint density at radius 2 is 1.97 bits per heavy atom. The van der Waals surface area contributed by atoms with Crippen LogP contribution in [0.15, 0.2) is 12.3 Å². The first-order valence-corrected chi connectivity index (χ1v) is 12.2. The molecule has 33 heavy (non-hydrogen) atoms. The van der Waals surface area contributed by atoms with Crippen LogP contribution >= 0.6 is 11.6 Å². The maximum atomic E-state index is 11.5. The molecular formula is C24H34BClN2O5. The van der Waals surface area contributed by atoms with Crippen molar-refractivity contribution in [1.82, 2.24) is 9.78 Å². The van der Waals surface area contributed by atoms with Crippen molar-refractivity contribution in [2.75, 3.05) is 13.7 Å². The number of ether oxygens (including phenoxy) is 2. The standard InChI is InChI=1S/C24H34BClN2O5/c1-23(2)24(3,4)33-25(32-23)22-16(10-6-7-12-21(29)30-5)18(26)14-19-17(22)15-27-28(19)20-11-8-9-13-31-20/h14-15,20H,6-13H2,1-5H3. The van der Waals surface area contributed by atoms with Crippen molar-refractivity contribution in [2.24, 2.45) is 0 Å². The summed E-state index contributed by atoms with van der Waals surface area (Å²) in [6.07, 6.45) is 7.51. The number of rotatable bonds is 7. The monoisotopic (exact) mass is 476 g/mol. The van der Waals surface area contributed by atoms with Gasteiger partial charge in [0.15, 0.2) is 6.23 Å². The van der Waals surface area contributed by atoms with E-state index in [9.17, 15) is 4.79 Å². The van der Waals surface area contributed by atoms with E-state index in [1.54, 1.807) is 0 Å². The summed E-state index contributed by atoms with van der Waals surface area (Å²) >= 11 is 6.88. The molecule has 1 aromatic heterocycles. The quantitative estimate of drug-likeness (QED) is 0.331. The van der Waals surface area contributed by atoms with Crippen LogP contribution in [0.3, 0.4) is 0 Å². The molecule has 2 aliphatic heterocycles. The molecule has 0 radical (unpaired) electrons. The Bertz CT molecular complexity index is 1000. The Morgan fingerprint density at radius 1 is 1.24 bits per heavy atom. The molecule has 2 saturated heterocycles. The van der Waals surface area contributed by atoms with Gasteiger partial charge in [0.05, 0.1) is 30.0 Å². The topological polar surface area (TPSA) is 71.8 Å². The predicted molar refractivity (Wildman–Crippen MR) is 129 cm³/mol. The highest BCUT2D eigenvalue weighted by molar-refractivity contribution is 6.66. The molecule has 4 rings (SSSR count). The minimum Gasteiger partial charge on any atom is -0.469 e. The normalized spacial score (nSPS) is 22.1. The zero-order chi connectivity index (χ0) is 23.8. The van der Waals surface area contributed by atoms with Crippen molar-refractivity contribution < 1.29 is 23.6 Å². The van der Waals surface area contributed by atoms with Crippen LogP contribution in [0.4, 0.5) is 0 Å². The van der Waals surface area contributed by atoms with Crippen molar-refractivity contribution in [1.29, 1.82) is 0 Å². The van der Waals surface area contributed by atoms with Crippen molar-refractivity contribution in [3.63, 3.8) is 0 Å². The molecule has 180 valence electrons. The van der Waals surface area contributed by atoms with Crippen LogP contribution in [0, 0.1) is 0 Å². The molecular weight excluding hydrogens is 443 g/mol. The molecule has 0 amide bonds. The van der Waals surface area contributed by atoms with E-state index < -0.39 is 18.3 Å². The number of nitrogens with zero attached hydrogens (tertiary/aromatic N) is 2. The maximum absolute atomic E-state index is 11.5. The van der Waals surface area contributed by atoms with Crippen LogP contribution in [0.25, 0.3) is 10.9 Å². The van der Waals surface area contributed by atoms with E-state index in [4.69, 9.17) is 35.5 Å². The predicted octanol–water partition coefficient (Wildman–Crippen LogP) is 4.57. The molecule has 0 bridgehead atoms. The number of unbranched alkanes of at least 4 members (excludes halogenated alkanes) is 1. The number of carbonyl (C=O) groups excluding carboxylic acids is 1. The maximum Gasteiger partial charge on any atom is 0.495 e. The second kappa shape index (κ2) is 9.57. The van der Waals surface area contributed by atoms with Gasteiger partial charge >= 0.3 is 13.1 Å². The third-order valence-electron chi connectivity index (χ3n) is 7.20. The lowest BCUT2D eigenvalue weighted by molar-refractivity contribution is -0.140. The molecule has 9 heteroatoms. The van der Waals surface area contributed by atoms with E-state index >= 15 is 0 Å². The number of hydrogen-bond acceptors (Lipinski definition) is 6. The summed E-state index contributed by atoms with van der Waals surface area (Å²) in [4.78, 5) is 11.5. The first kappa shape index (κ1) is 24.5. The third-order valence-corrected chi connectivity index (χ3v) is 7.54. The van der Waals surface area contributed by atoms with Gasteiger partial charge in [0.25, 0.3) is 0 Å². The number of esters is 1. The summed E-state index contributed by atoms with van der Waals surface area (Å²) in [5.74, 6) is -0.198. The summed E-state index contributed by atoms with van der Waals surface area (Å²) in [5.41, 5.74) is 1.89. The number of benzene rings is 1. The van der Waals surface area contributed by atoms with E-state index in [-0.39, 0.29) is 12.2 Å². The molecule has 0 N–H and O–H groups in total. The largest absolute Gasteiger partial charge is 0.495 e. The van der Waals surface area contributed by atoms with Gasteiger partial charge in [-0.1, -0.05) is 11.6 Å².